The third-order valence-corrected chi connectivity index (χ3v) is 4.46. The van der Waals surface area contributed by atoms with Gasteiger partial charge in [0.25, 0.3) is 0 Å². The summed E-state index contributed by atoms with van der Waals surface area (Å²) < 4.78 is 7.12. The number of anilines is 1. The number of carbonyl (C=O) groups is 2. The summed E-state index contributed by atoms with van der Waals surface area (Å²) in [6, 6.07) is 11.3. The number of aromatic nitrogens is 1. The van der Waals surface area contributed by atoms with Gasteiger partial charge in [0, 0.05) is 30.7 Å². The molecule has 2 heterocycles. The molecule has 0 bridgehead atoms. The van der Waals surface area contributed by atoms with Crippen molar-refractivity contribution in [2.75, 3.05) is 18.5 Å². The number of amides is 2. The molecule has 1 aromatic heterocycles. The topological polar surface area (TPSA) is 63.6 Å². The van der Waals surface area contributed by atoms with Crippen molar-refractivity contribution in [1.29, 1.82) is 0 Å². The standard InChI is InChI=1S/C19H23N3O3/c1-3-25-18(23)13-15-6-8-16(9-7-15)20-19(24)22-12-11-21-10-4-5-17(21)14(22)2/h4-10,14H,3,11-13H2,1-2H3,(H,20,24)/t14-/m0/s1. The van der Waals surface area contributed by atoms with Gasteiger partial charge in [0.2, 0.25) is 0 Å². The van der Waals surface area contributed by atoms with E-state index in [1.54, 1.807) is 6.92 Å². The van der Waals surface area contributed by atoms with Crippen LogP contribution in [0.5, 0.6) is 0 Å². The number of hydrogen-bond acceptors (Lipinski definition) is 3. The van der Waals surface area contributed by atoms with E-state index in [4.69, 9.17) is 4.74 Å². The van der Waals surface area contributed by atoms with E-state index >= 15 is 0 Å². The van der Waals surface area contributed by atoms with Crippen LogP contribution in [-0.2, 0) is 22.5 Å². The molecule has 0 unspecified atom stereocenters. The Morgan fingerprint density at radius 1 is 1.20 bits per heavy atom. The number of nitrogens with zero attached hydrogens (tertiary/aromatic N) is 2. The van der Waals surface area contributed by atoms with Crippen molar-refractivity contribution in [1.82, 2.24) is 9.47 Å². The van der Waals surface area contributed by atoms with Crippen molar-refractivity contribution < 1.29 is 14.3 Å². The van der Waals surface area contributed by atoms with Gasteiger partial charge in [-0.2, -0.15) is 0 Å². The van der Waals surface area contributed by atoms with Crippen LogP contribution in [0.25, 0.3) is 0 Å². The van der Waals surface area contributed by atoms with Crippen molar-refractivity contribution in [3.8, 4) is 0 Å². The Balaban J connectivity index is 1.61. The lowest BCUT2D eigenvalue weighted by molar-refractivity contribution is -0.142. The van der Waals surface area contributed by atoms with Crippen LogP contribution in [0.1, 0.15) is 31.1 Å². The van der Waals surface area contributed by atoms with Gasteiger partial charge in [0.15, 0.2) is 0 Å². The lowest BCUT2D eigenvalue weighted by atomic mass is 10.1. The summed E-state index contributed by atoms with van der Waals surface area (Å²) in [6.07, 6.45) is 2.28. The molecule has 2 amide bonds. The molecule has 0 fully saturated rings. The molecule has 1 aliphatic heterocycles. The van der Waals surface area contributed by atoms with Gasteiger partial charge >= 0.3 is 12.0 Å². The number of rotatable bonds is 4. The molecule has 0 saturated heterocycles. The highest BCUT2D eigenvalue weighted by atomic mass is 16.5. The molecule has 1 aromatic carbocycles. The van der Waals surface area contributed by atoms with Gasteiger partial charge < -0.3 is 19.5 Å². The highest BCUT2D eigenvalue weighted by Crippen LogP contribution is 2.26. The SMILES string of the molecule is CCOC(=O)Cc1ccc(NC(=O)N2CCn3cccc3[C@@H]2C)cc1. The number of hydrogen-bond donors (Lipinski definition) is 1. The first-order valence-electron chi connectivity index (χ1n) is 8.55. The molecule has 0 spiro atoms. The van der Waals surface area contributed by atoms with E-state index in [0.717, 1.165) is 17.8 Å². The van der Waals surface area contributed by atoms with Gasteiger partial charge in [0.05, 0.1) is 19.1 Å². The Hall–Kier alpha value is -2.76. The number of nitrogens with one attached hydrogen (secondary N) is 1. The Labute approximate surface area is 147 Å². The molecule has 3 rings (SSSR count). The summed E-state index contributed by atoms with van der Waals surface area (Å²) in [4.78, 5) is 25.9. The van der Waals surface area contributed by atoms with Crippen LogP contribution in [-0.4, -0.2) is 34.6 Å². The fourth-order valence-electron chi connectivity index (χ4n) is 3.14. The van der Waals surface area contributed by atoms with Gasteiger partial charge in [-0.15, -0.1) is 0 Å². The van der Waals surface area contributed by atoms with Crippen molar-refractivity contribution in [3.05, 3.63) is 53.9 Å². The average Bonchev–Trinajstić information content (AvgIpc) is 3.07. The van der Waals surface area contributed by atoms with E-state index in [2.05, 4.69) is 9.88 Å². The summed E-state index contributed by atoms with van der Waals surface area (Å²) in [7, 11) is 0. The first-order valence-corrected chi connectivity index (χ1v) is 8.55. The van der Waals surface area contributed by atoms with Crippen molar-refractivity contribution in [3.63, 3.8) is 0 Å². The normalized spacial score (nSPS) is 16.2. The van der Waals surface area contributed by atoms with Gasteiger partial charge in [0.1, 0.15) is 0 Å². The summed E-state index contributed by atoms with van der Waals surface area (Å²) in [5.41, 5.74) is 2.72. The smallest absolute Gasteiger partial charge is 0.322 e. The second-order valence-corrected chi connectivity index (χ2v) is 6.10. The minimum absolute atomic E-state index is 0.0341. The van der Waals surface area contributed by atoms with E-state index in [1.807, 2.05) is 54.4 Å². The van der Waals surface area contributed by atoms with Crippen LogP contribution >= 0.6 is 0 Å². The molecule has 1 aliphatic rings. The second kappa shape index (κ2) is 7.42. The molecule has 1 N–H and O–H groups in total. The van der Waals surface area contributed by atoms with Crippen LogP contribution in [0.15, 0.2) is 42.6 Å². The van der Waals surface area contributed by atoms with Crippen LogP contribution in [0, 0.1) is 0 Å². The predicted octanol–water partition coefficient (Wildman–Crippen LogP) is 3.20. The second-order valence-electron chi connectivity index (χ2n) is 6.10. The maximum Gasteiger partial charge on any atom is 0.322 e. The lowest BCUT2D eigenvalue weighted by Crippen LogP contribution is -2.42. The number of fused-ring (bicyclic) bond motifs is 1. The first-order chi connectivity index (χ1) is 12.1. The minimum atomic E-state index is -0.246. The van der Waals surface area contributed by atoms with Crippen LogP contribution in [0.2, 0.25) is 0 Å². The zero-order valence-electron chi connectivity index (χ0n) is 14.6. The molecular weight excluding hydrogens is 318 g/mol. The van der Waals surface area contributed by atoms with Gasteiger partial charge in [-0.1, -0.05) is 12.1 Å². The van der Waals surface area contributed by atoms with Crippen molar-refractivity contribution in [2.24, 2.45) is 0 Å². The van der Waals surface area contributed by atoms with E-state index in [-0.39, 0.29) is 24.5 Å². The van der Waals surface area contributed by atoms with Crippen LogP contribution < -0.4 is 5.32 Å². The van der Waals surface area contributed by atoms with E-state index in [0.29, 0.717) is 18.8 Å². The van der Waals surface area contributed by atoms with E-state index in [9.17, 15) is 9.59 Å². The van der Waals surface area contributed by atoms with Crippen molar-refractivity contribution >= 4 is 17.7 Å². The zero-order valence-corrected chi connectivity index (χ0v) is 14.6. The third kappa shape index (κ3) is 3.84. The van der Waals surface area contributed by atoms with Gasteiger partial charge in [-0.3, -0.25) is 4.79 Å². The summed E-state index contributed by atoms with van der Waals surface area (Å²) in [5.74, 6) is -0.246. The van der Waals surface area contributed by atoms with E-state index < -0.39 is 0 Å². The molecule has 0 aliphatic carbocycles. The summed E-state index contributed by atoms with van der Waals surface area (Å²) >= 11 is 0. The molecule has 6 heteroatoms. The van der Waals surface area contributed by atoms with Crippen LogP contribution in [0.4, 0.5) is 10.5 Å². The number of esters is 1. The Kier molecular flexibility index (Phi) is 5.07. The Bertz CT molecular complexity index is 752. The van der Waals surface area contributed by atoms with Gasteiger partial charge in [-0.25, -0.2) is 4.79 Å². The molecule has 6 nitrogen and oxygen atoms in total. The van der Waals surface area contributed by atoms with Crippen molar-refractivity contribution in [2.45, 2.75) is 32.9 Å². The summed E-state index contributed by atoms with van der Waals surface area (Å²) in [5, 5.41) is 2.93. The third-order valence-electron chi connectivity index (χ3n) is 4.46. The molecule has 0 saturated carbocycles. The molecule has 0 radical (unpaired) electrons. The Morgan fingerprint density at radius 3 is 2.68 bits per heavy atom. The highest BCUT2D eigenvalue weighted by molar-refractivity contribution is 5.89. The maximum absolute atomic E-state index is 12.6. The number of urea groups is 1. The fraction of sp³-hybridized carbons (Fsp3) is 0.368. The maximum atomic E-state index is 12.6. The monoisotopic (exact) mass is 341 g/mol. The molecule has 1 atom stereocenters. The van der Waals surface area contributed by atoms with E-state index in [1.165, 1.54) is 0 Å². The predicted molar refractivity (Wildman–Crippen MR) is 95.4 cm³/mol. The molecular formula is C19H23N3O3. The average molecular weight is 341 g/mol. The largest absolute Gasteiger partial charge is 0.466 e. The number of carbonyl (C=O) groups excluding carboxylic acids is 2. The fourth-order valence-corrected chi connectivity index (χ4v) is 3.14. The quantitative estimate of drug-likeness (QED) is 0.869. The van der Waals surface area contributed by atoms with Crippen LogP contribution in [0.3, 0.4) is 0 Å². The van der Waals surface area contributed by atoms with Gasteiger partial charge in [-0.05, 0) is 43.7 Å². The Morgan fingerprint density at radius 2 is 1.96 bits per heavy atom. The molecule has 2 aromatic rings. The number of benzene rings is 1. The zero-order chi connectivity index (χ0) is 17.8. The first kappa shape index (κ1) is 17.1. The molecule has 132 valence electrons. The summed E-state index contributed by atoms with van der Waals surface area (Å²) in [6.45, 7) is 5.68. The number of ether oxygens (including phenoxy) is 1. The highest BCUT2D eigenvalue weighted by Gasteiger charge is 2.27. The lowest BCUT2D eigenvalue weighted by Gasteiger charge is -2.34. The minimum Gasteiger partial charge on any atom is -0.466 e. The molecule has 25 heavy (non-hydrogen) atoms.